The molecule has 174 valence electrons. The Labute approximate surface area is 192 Å². The van der Waals surface area contributed by atoms with E-state index in [2.05, 4.69) is 59.4 Å². The van der Waals surface area contributed by atoms with Gasteiger partial charge in [-0.25, -0.2) is 0 Å². The van der Waals surface area contributed by atoms with Crippen molar-refractivity contribution >= 4 is 0 Å². The number of allylic oxidation sites excluding steroid dienone is 4. The van der Waals surface area contributed by atoms with Crippen LogP contribution in [-0.4, -0.2) is 11.2 Å². The van der Waals surface area contributed by atoms with Crippen LogP contribution in [0.25, 0.3) is 0 Å². The molecule has 9 atom stereocenters. The molecule has 1 nitrogen and oxygen atoms in total. The van der Waals surface area contributed by atoms with E-state index in [9.17, 15) is 5.11 Å². The topological polar surface area (TPSA) is 20.2 Å². The molecule has 0 radical (unpaired) electrons. The highest BCUT2D eigenvalue weighted by atomic mass is 16.3. The third kappa shape index (κ3) is 3.92. The van der Waals surface area contributed by atoms with Crippen molar-refractivity contribution in [2.45, 2.75) is 105 Å². The summed E-state index contributed by atoms with van der Waals surface area (Å²) in [5, 5.41) is 10.3. The van der Waals surface area contributed by atoms with Crippen LogP contribution in [0.5, 0.6) is 0 Å². The second-order valence-electron chi connectivity index (χ2n) is 12.2. The Balaban J connectivity index is 1.51. The van der Waals surface area contributed by atoms with Crippen molar-refractivity contribution in [1.82, 2.24) is 0 Å². The summed E-state index contributed by atoms with van der Waals surface area (Å²) in [7, 11) is 0. The summed E-state index contributed by atoms with van der Waals surface area (Å²) >= 11 is 0. The van der Waals surface area contributed by atoms with E-state index in [0.29, 0.717) is 22.7 Å². The van der Waals surface area contributed by atoms with Crippen molar-refractivity contribution in [2.24, 2.45) is 46.3 Å². The third-order valence-electron chi connectivity index (χ3n) is 10.9. The first-order chi connectivity index (χ1) is 14.7. The predicted octanol–water partition coefficient (Wildman–Crippen LogP) is 8.11. The van der Waals surface area contributed by atoms with E-state index in [1.54, 1.807) is 5.57 Å². The highest BCUT2D eigenvalue weighted by Gasteiger charge is 2.58. The molecule has 1 unspecified atom stereocenters. The van der Waals surface area contributed by atoms with E-state index in [-0.39, 0.29) is 6.10 Å². The van der Waals surface area contributed by atoms with Crippen LogP contribution in [0.3, 0.4) is 0 Å². The van der Waals surface area contributed by atoms with E-state index < -0.39 is 0 Å². The van der Waals surface area contributed by atoms with Gasteiger partial charge >= 0.3 is 0 Å². The van der Waals surface area contributed by atoms with E-state index in [4.69, 9.17) is 0 Å². The Hall–Kier alpha value is -0.820. The average molecular weight is 425 g/mol. The zero-order chi connectivity index (χ0) is 22.4. The van der Waals surface area contributed by atoms with Crippen LogP contribution >= 0.6 is 0 Å². The monoisotopic (exact) mass is 424 g/mol. The molecule has 0 saturated heterocycles. The molecule has 0 spiro atoms. The summed E-state index contributed by atoms with van der Waals surface area (Å²) in [6.45, 7) is 16.5. The molecule has 0 aromatic carbocycles. The Morgan fingerprint density at radius 1 is 1.13 bits per heavy atom. The summed E-state index contributed by atoms with van der Waals surface area (Å²) in [5.41, 5.74) is 3.85. The fourth-order valence-corrected chi connectivity index (χ4v) is 8.81. The molecular formula is C30H48O. The molecule has 3 fully saturated rings. The van der Waals surface area contributed by atoms with Crippen molar-refractivity contribution in [3.8, 4) is 0 Å². The van der Waals surface area contributed by atoms with Crippen molar-refractivity contribution < 1.29 is 5.11 Å². The maximum Gasteiger partial charge on any atom is 0.0577 e. The molecule has 1 N–H and O–H groups in total. The molecule has 4 aliphatic rings. The third-order valence-corrected chi connectivity index (χ3v) is 10.9. The van der Waals surface area contributed by atoms with Crippen LogP contribution in [0, 0.1) is 46.3 Å². The Morgan fingerprint density at radius 3 is 2.61 bits per heavy atom. The fourth-order valence-electron chi connectivity index (χ4n) is 8.81. The largest absolute Gasteiger partial charge is 0.393 e. The number of aliphatic hydroxyl groups excluding tert-OH is 1. The molecule has 0 aromatic heterocycles. The van der Waals surface area contributed by atoms with Crippen molar-refractivity contribution in [3.63, 3.8) is 0 Å². The maximum absolute atomic E-state index is 10.3. The molecule has 0 aliphatic heterocycles. The number of rotatable bonds is 6. The first-order valence-electron chi connectivity index (χ1n) is 13.5. The van der Waals surface area contributed by atoms with Gasteiger partial charge in [0.15, 0.2) is 0 Å². The van der Waals surface area contributed by atoms with E-state index in [1.807, 2.05) is 0 Å². The quantitative estimate of drug-likeness (QED) is 0.427. The molecule has 4 rings (SSSR count). The lowest BCUT2D eigenvalue weighted by Gasteiger charge is -2.58. The van der Waals surface area contributed by atoms with E-state index >= 15 is 0 Å². The van der Waals surface area contributed by atoms with Gasteiger partial charge in [0.05, 0.1) is 6.10 Å². The van der Waals surface area contributed by atoms with Gasteiger partial charge in [0.2, 0.25) is 0 Å². The van der Waals surface area contributed by atoms with Crippen molar-refractivity contribution in [2.75, 3.05) is 0 Å². The van der Waals surface area contributed by atoms with Gasteiger partial charge in [-0.05, 0) is 111 Å². The lowest BCUT2D eigenvalue weighted by Crippen LogP contribution is -2.50. The molecule has 0 heterocycles. The summed E-state index contributed by atoms with van der Waals surface area (Å²) < 4.78 is 0. The Bertz CT molecular complexity index is 731. The molecule has 0 amide bonds. The first-order valence-corrected chi connectivity index (χ1v) is 13.5. The van der Waals surface area contributed by atoms with Gasteiger partial charge in [-0.2, -0.15) is 0 Å². The summed E-state index contributed by atoms with van der Waals surface area (Å²) in [6, 6.07) is 0. The minimum Gasteiger partial charge on any atom is -0.393 e. The Kier molecular flexibility index (Phi) is 6.66. The second-order valence-corrected chi connectivity index (χ2v) is 12.2. The molecule has 1 heteroatoms. The lowest BCUT2D eigenvalue weighted by molar-refractivity contribution is -0.0540. The highest BCUT2D eigenvalue weighted by molar-refractivity contribution is 5.25. The first kappa shape index (κ1) is 23.3. The number of hydrogen-bond donors (Lipinski definition) is 1. The van der Waals surface area contributed by atoms with Gasteiger partial charge in [0, 0.05) is 0 Å². The van der Waals surface area contributed by atoms with Gasteiger partial charge in [-0.15, -0.1) is 0 Å². The minimum absolute atomic E-state index is 0.0936. The molecule has 3 saturated carbocycles. The molecule has 0 aromatic rings. The zero-order valence-electron chi connectivity index (χ0n) is 21.0. The zero-order valence-corrected chi connectivity index (χ0v) is 21.0. The smallest absolute Gasteiger partial charge is 0.0577 e. The highest BCUT2D eigenvalue weighted by Crippen LogP contribution is 2.67. The summed E-state index contributed by atoms with van der Waals surface area (Å²) in [4.78, 5) is 0. The fraction of sp³-hybridized carbons (Fsp3) is 0.800. The standard InChI is InChI=1S/C30H48O/c1-7-20(3)22(8-2)10-9-21(4)26-13-14-27-25-12-11-23-19-24(31)15-17-29(23,5)28(25)16-18-30(26,27)6/h9-11,21-22,24-28,31H,3,7-8,12-19H2,1-2,4-6H3/b10-9+/t21-,22-,24?,25+,26-,27+,28+,29+,30-/m1/s1. The normalized spacial score (nSPS) is 44.2. The summed E-state index contributed by atoms with van der Waals surface area (Å²) in [5.74, 6) is 4.65. The van der Waals surface area contributed by atoms with Gasteiger partial charge in [-0.3, -0.25) is 0 Å². The van der Waals surface area contributed by atoms with E-state index in [1.165, 1.54) is 50.5 Å². The van der Waals surface area contributed by atoms with Crippen molar-refractivity contribution in [1.29, 1.82) is 0 Å². The van der Waals surface area contributed by atoms with Gasteiger partial charge < -0.3 is 5.11 Å². The van der Waals surface area contributed by atoms with Crippen LogP contribution < -0.4 is 0 Å². The number of fused-ring (bicyclic) bond motifs is 5. The number of aliphatic hydroxyl groups is 1. The van der Waals surface area contributed by atoms with Crippen LogP contribution in [-0.2, 0) is 0 Å². The van der Waals surface area contributed by atoms with Gasteiger partial charge in [0.1, 0.15) is 0 Å². The molecule has 0 bridgehead atoms. The van der Waals surface area contributed by atoms with E-state index in [0.717, 1.165) is 42.9 Å². The maximum atomic E-state index is 10.3. The predicted molar refractivity (Wildman–Crippen MR) is 133 cm³/mol. The van der Waals surface area contributed by atoms with Crippen LogP contribution in [0.4, 0.5) is 0 Å². The second kappa shape index (κ2) is 8.85. The number of hydrogen-bond acceptors (Lipinski definition) is 1. The van der Waals surface area contributed by atoms with Crippen LogP contribution in [0.1, 0.15) is 98.8 Å². The molecular weight excluding hydrogens is 376 g/mol. The SMILES string of the molecule is C=C(CC)[C@@H](/C=C/[C@@H](C)[C@H]1CC[C@H]2[C@@H]3CC=C4CC(O)CC[C@]4(C)[C@H]3CC[C@]12C)CC. The minimum atomic E-state index is -0.0936. The van der Waals surface area contributed by atoms with Crippen LogP contribution in [0.15, 0.2) is 36.0 Å². The van der Waals surface area contributed by atoms with Crippen LogP contribution in [0.2, 0.25) is 0 Å². The average Bonchev–Trinajstić information content (AvgIpc) is 3.11. The molecule has 31 heavy (non-hydrogen) atoms. The van der Waals surface area contributed by atoms with Crippen molar-refractivity contribution in [3.05, 3.63) is 36.0 Å². The molecule has 4 aliphatic carbocycles. The van der Waals surface area contributed by atoms with Gasteiger partial charge in [-0.1, -0.05) is 70.6 Å². The van der Waals surface area contributed by atoms with Gasteiger partial charge in [0.25, 0.3) is 0 Å². The summed E-state index contributed by atoms with van der Waals surface area (Å²) in [6.07, 6.45) is 19.9. The Morgan fingerprint density at radius 2 is 1.90 bits per heavy atom. The lowest BCUT2D eigenvalue weighted by atomic mass is 9.47.